The van der Waals surface area contributed by atoms with Crippen LogP contribution in [0.3, 0.4) is 0 Å². The lowest BCUT2D eigenvalue weighted by Gasteiger charge is -2.06. The number of ether oxygens (including phenoxy) is 1. The van der Waals surface area contributed by atoms with Crippen molar-refractivity contribution in [3.05, 3.63) is 64.9 Å². The molecule has 0 atom stereocenters. The van der Waals surface area contributed by atoms with Gasteiger partial charge in [-0.3, -0.25) is 4.79 Å². The molecule has 2 aromatic rings. The average Bonchev–Trinajstić information content (AvgIpc) is 2.93. The highest BCUT2D eigenvalue weighted by atomic mass is 79.9. The highest BCUT2D eigenvalue weighted by molar-refractivity contribution is 9.10. The van der Waals surface area contributed by atoms with Crippen molar-refractivity contribution in [3.63, 3.8) is 0 Å². The molecule has 0 radical (unpaired) electrons. The van der Waals surface area contributed by atoms with Crippen LogP contribution >= 0.6 is 15.9 Å². The van der Waals surface area contributed by atoms with Crippen LogP contribution in [0.5, 0.6) is 5.75 Å². The summed E-state index contributed by atoms with van der Waals surface area (Å²) in [7, 11) is 0. The molecule has 1 heterocycles. The van der Waals surface area contributed by atoms with E-state index >= 15 is 0 Å². The predicted molar refractivity (Wildman–Crippen MR) is 85.7 cm³/mol. The number of rotatable bonds is 6. The maximum atomic E-state index is 11.8. The number of hydrogen-bond acceptors (Lipinski definition) is 3. The van der Waals surface area contributed by atoms with Gasteiger partial charge in [-0.1, -0.05) is 24.8 Å². The van der Waals surface area contributed by atoms with E-state index in [4.69, 9.17) is 4.74 Å². The molecule has 0 bridgehead atoms. The minimum Gasteiger partial charge on any atom is -0.489 e. The number of H-pyrrole nitrogens is 1. The first-order valence-electron chi connectivity index (χ1n) is 6.20. The fraction of sp³-hybridized carbons (Fsp3) is 0.0667. The van der Waals surface area contributed by atoms with E-state index in [9.17, 15) is 4.79 Å². The number of aromatic amines is 1. The van der Waals surface area contributed by atoms with Crippen molar-refractivity contribution in [1.82, 2.24) is 10.4 Å². The second-order valence-electron chi connectivity index (χ2n) is 4.07. The molecule has 0 spiro atoms. The molecule has 0 unspecified atom stereocenters. The van der Waals surface area contributed by atoms with E-state index in [0.717, 1.165) is 10.0 Å². The molecular formula is C15H14BrN3O2. The Kier molecular flexibility index (Phi) is 5.34. The van der Waals surface area contributed by atoms with Gasteiger partial charge in [0.25, 0.3) is 5.91 Å². The molecule has 2 N–H and O–H groups in total. The van der Waals surface area contributed by atoms with Crippen LogP contribution in [0.1, 0.15) is 16.1 Å². The van der Waals surface area contributed by atoms with Crippen LogP contribution in [0, 0.1) is 0 Å². The van der Waals surface area contributed by atoms with E-state index in [0.29, 0.717) is 18.1 Å². The van der Waals surface area contributed by atoms with E-state index in [1.54, 1.807) is 18.3 Å². The monoisotopic (exact) mass is 347 g/mol. The zero-order valence-corrected chi connectivity index (χ0v) is 12.8. The standard InChI is InChI=1S/C15H14BrN3O2/c1-2-7-21-14-6-4-3-5-11(14)9-18-19-15(20)13-8-12(16)10-17-13/h2-6,8-10,17H,1,7H2,(H,19,20)/b18-9-. The molecule has 0 fully saturated rings. The van der Waals surface area contributed by atoms with Gasteiger partial charge in [-0.05, 0) is 34.1 Å². The summed E-state index contributed by atoms with van der Waals surface area (Å²) in [4.78, 5) is 14.6. The van der Waals surface area contributed by atoms with Crippen molar-refractivity contribution < 1.29 is 9.53 Å². The third-order valence-corrected chi connectivity index (χ3v) is 3.00. The van der Waals surface area contributed by atoms with Gasteiger partial charge < -0.3 is 9.72 Å². The van der Waals surface area contributed by atoms with Crippen molar-refractivity contribution >= 4 is 28.1 Å². The summed E-state index contributed by atoms with van der Waals surface area (Å²) in [6, 6.07) is 9.08. The van der Waals surface area contributed by atoms with Crippen LogP contribution in [0.25, 0.3) is 0 Å². The molecule has 1 amide bonds. The second-order valence-corrected chi connectivity index (χ2v) is 4.98. The lowest BCUT2D eigenvalue weighted by molar-refractivity contribution is 0.0950. The molecule has 0 aliphatic rings. The number of hydrazone groups is 1. The van der Waals surface area contributed by atoms with Gasteiger partial charge in [-0.2, -0.15) is 5.10 Å². The Morgan fingerprint density at radius 3 is 3.00 bits per heavy atom. The predicted octanol–water partition coefficient (Wildman–Crippen LogP) is 3.11. The van der Waals surface area contributed by atoms with Crippen LogP contribution < -0.4 is 10.2 Å². The van der Waals surface area contributed by atoms with E-state index in [1.165, 1.54) is 6.21 Å². The van der Waals surface area contributed by atoms with E-state index < -0.39 is 0 Å². The van der Waals surface area contributed by atoms with E-state index in [2.05, 4.69) is 38.0 Å². The molecule has 1 aromatic heterocycles. The first kappa shape index (κ1) is 15.1. The number of nitrogens with zero attached hydrogens (tertiary/aromatic N) is 1. The largest absolute Gasteiger partial charge is 0.489 e. The number of aromatic nitrogens is 1. The molecule has 6 heteroatoms. The van der Waals surface area contributed by atoms with Gasteiger partial charge in [-0.25, -0.2) is 5.43 Å². The van der Waals surface area contributed by atoms with Crippen LogP contribution in [0.2, 0.25) is 0 Å². The number of carbonyl (C=O) groups excluding carboxylic acids is 1. The summed E-state index contributed by atoms with van der Waals surface area (Å²) < 4.78 is 6.30. The number of carbonyl (C=O) groups is 1. The SMILES string of the molecule is C=CCOc1ccccc1/C=N\NC(=O)c1cc(Br)c[nH]1. The number of amides is 1. The molecule has 5 nitrogen and oxygen atoms in total. The third-order valence-electron chi connectivity index (χ3n) is 2.54. The Balaban J connectivity index is 2.01. The summed E-state index contributed by atoms with van der Waals surface area (Å²) >= 11 is 3.26. The van der Waals surface area contributed by atoms with E-state index in [-0.39, 0.29) is 5.91 Å². The Bertz CT molecular complexity index is 664. The van der Waals surface area contributed by atoms with Gasteiger partial charge in [0.1, 0.15) is 18.1 Å². The Morgan fingerprint density at radius 1 is 1.48 bits per heavy atom. The summed E-state index contributed by atoms with van der Waals surface area (Å²) in [6.07, 6.45) is 4.88. The van der Waals surface area contributed by atoms with Crippen molar-refractivity contribution in [2.75, 3.05) is 6.61 Å². The summed E-state index contributed by atoms with van der Waals surface area (Å²) in [5.74, 6) is 0.361. The van der Waals surface area contributed by atoms with Gasteiger partial charge in [0.2, 0.25) is 0 Å². The first-order chi connectivity index (χ1) is 10.2. The van der Waals surface area contributed by atoms with Crippen LogP contribution in [0.15, 0.2) is 58.8 Å². The number of benzene rings is 1. The minimum atomic E-state index is -0.318. The topological polar surface area (TPSA) is 66.5 Å². The summed E-state index contributed by atoms with van der Waals surface area (Å²) in [5, 5.41) is 3.93. The van der Waals surface area contributed by atoms with Crippen molar-refractivity contribution in [3.8, 4) is 5.75 Å². The van der Waals surface area contributed by atoms with E-state index in [1.807, 2.05) is 24.3 Å². The first-order valence-corrected chi connectivity index (χ1v) is 7.00. The zero-order valence-electron chi connectivity index (χ0n) is 11.2. The molecule has 2 rings (SSSR count). The lowest BCUT2D eigenvalue weighted by Crippen LogP contribution is -2.17. The Labute approximate surface area is 130 Å². The third kappa shape index (κ3) is 4.32. The molecule has 21 heavy (non-hydrogen) atoms. The molecule has 0 saturated carbocycles. The highest BCUT2D eigenvalue weighted by Crippen LogP contribution is 2.15. The van der Waals surface area contributed by atoms with Gasteiger partial charge in [0.05, 0.1) is 6.21 Å². The fourth-order valence-electron chi connectivity index (χ4n) is 1.59. The lowest BCUT2D eigenvalue weighted by atomic mass is 10.2. The van der Waals surface area contributed by atoms with Gasteiger partial charge >= 0.3 is 0 Å². The van der Waals surface area contributed by atoms with Crippen LogP contribution in [-0.2, 0) is 0 Å². The number of hydrogen-bond donors (Lipinski definition) is 2. The molecule has 108 valence electrons. The highest BCUT2D eigenvalue weighted by Gasteiger charge is 2.06. The van der Waals surface area contributed by atoms with Gasteiger partial charge in [0.15, 0.2) is 0 Å². The average molecular weight is 348 g/mol. The van der Waals surface area contributed by atoms with Crippen molar-refractivity contribution in [2.45, 2.75) is 0 Å². The van der Waals surface area contributed by atoms with Crippen LogP contribution in [-0.4, -0.2) is 23.7 Å². The van der Waals surface area contributed by atoms with Crippen molar-refractivity contribution in [1.29, 1.82) is 0 Å². The molecule has 0 saturated heterocycles. The zero-order chi connectivity index (χ0) is 15.1. The van der Waals surface area contributed by atoms with Crippen molar-refractivity contribution in [2.24, 2.45) is 5.10 Å². The normalized spacial score (nSPS) is 10.5. The fourth-order valence-corrected chi connectivity index (χ4v) is 1.93. The molecule has 1 aromatic carbocycles. The summed E-state index contributed by atoms with van der Waals surface area (Å²) in [6.45, 7) is 4.01. The smallest absolute Gasteiger partial charge is 0.287 e. The molecule has 0 aliphatic carbocycles. The quantitative estimate of drug-likeness (QED) is 0.479. The van der Waals surface area contributed by atoms with Crippen LogP contribution in [0.4, 0.5) is 0 Å². The summed E-state index contributed by atoms with van der Waals surface area (Å²) in [5.41, 5.74) is 3.64. The molecular weight excluding hydrogens is 334 g/mol. The van der Waals surface area contributed by atoms with Gasteiger partial charge in [0, 0.05) is 16.2 Å². The maximum Gasteiger partial charge on any atom is 0.287 e. The number of halogens is 1. The Hall–Kier alpha value is -2.34. The minimum absolute atomic E-state index is 0.318. The van der Waals surface area contributed by atoms with Gasteiger partial charge in [-0.15, -0.1) is 0 Å². The molecule has 0 aliphatic heterocycles. The second kappa shape index (κ2) is 7.44. The Morgan fingerprint density at radius 2 is 2.29 bits per heavy atom. The maximum absolute atomic E-state index is 11.8. The number of para-hydroxylation sites is 1. The number of nitrogens with one attached hydrogen (secondary N) is 2.